The van der Waals surface area contributed by atoms with Gasteiger partial charge in [0.2, 0.25) is 5.95 Å². The number of aromatic nitrogens is 1. The van der Waals surface area contributed by atoms with E-state index in [0.717, 1.165) is 6.07 Å². The number of nitrogens with zero attached hydrogens (tertiary/aromatic N) is 1. The second-order valence-corrected chi connectivity index (χ2v) is 3.39. The Morgan fingerprint density at radius 2 is 2.07 bits per heavy atom. The lowest BCUT2D eigenvalue weighted by molar-refractivity contribution is 0.0948. The molecule has 1 aliphatic carbocycles. The molecule has 14 heavy (non-hydrogen) atoms. The highest BCUT2D eigenvalue weighted by Gasteiger charge is 2.28. The average molecular weight is 200 g/mol. The molecule has 1 heterocycles. The number of rotatable bonds is 2. The molecule has 1 fully saturated rings. The van der Waals surface area contributed by atoms with Crippen molar-refractivity contribution in [1.29, 1.82) is 0 Å². The zero-order chi connectivity index (χ0) is 10.1. The van der Waals surface area contributed by atoms with Crippen molar-refractivity contribution >= 4 is 0 Å². The standard InChI is InChI=1S/C9H10F2N2O/c10-8-2-1-7(9(11)13-8)14-6-3-5(12)4-6/h1-2,5-6H,3-4,12H2/t5-,6-. The molecule has 1 aliphatic rings. The Labute approximate surface area is 79.9 Å². The Morgan fingerprint density at radius 3 is 2.64 bits per heavy atom. The number of pyridine rings is 1. The second kappa shape index (κ2) is 3.49. The first-order valence-corrected chi connectivity index (χ1v) is 4.39. The van der Waals surface area contributed by atoms with Gasteiger partial charge in [0.25, 0.3) is 5.95 Å². The smallest absolute Gasteiger partial charge is 0.257 e. The summed E-state index contributed by atoms with van der Waals surface area (Å²) in [7, 11) is 0. The maximum absolute atomic E-state index is 13.0. The van der Waals surface area contributed by atoms with Crippen molar-refractivity contribution < 1.29 is 13.5 Å². The van der Waals surface area contributed by atoms with Gasteiger partial charge in [0.15, 0.2) is 5.75 Å². The third kappa shape index (κ3) is 1.82. The molecule has 0 aromatic carbocycles. The Hall–Kier alpha value is -1.23. The fourth-order valence-corrected chi connectivity index (χ4v) is 1.37. The molecule has 0 spiro atoms. The summed E-state index contributed by atoms with van der Waals surface area (Å²) in [4.78, 5) is 3.01. The summed E-state index contributed by atoms with van der Waals surface area (Å²) in [5, 5.41) is 0. The number of ether oxygens (including phenoxy) is 1. The van der Waals surface area contributed by atoms with Crippen molar-refractivity contribution in [3.8, 4) is 5.75 Å². The number of nitrogens with two attached hydrogens (primary N) is 1. The lowest BCUT2D eigenvalue weighted by Crippen LogP contribution is -2.43. The van der Waals surface area contributed by atoms with Crippen molar-refractivity contribution in [2.45, 2.75) is 25.0 Å². The van der Waals surface area contributed by atoms with Crippen LogP contribution in [0.3, 0.4) is 0 Å². The predicted molar refractivity (Wildman–Crippen MR) is 45.8 cm³/mol. The molecule has 3 nitrogen and oxygen atoms in total. The SMILES string of the molecule is N[C@H]1C[C@H](Oc2ccc(F)nc2F)C1. The summed E-state index contributed by atoms with van der Waals surface area (Å²) in [6.45, 7) is 0. The summed E-state index contributed by atoms with van der Waals surface area (Å²) in [5.74, 6) is -1.77. The Balaban J connectivity index is 2.02. The van der Waals surface area contributed by atoms with Crippen LogP contribution in [0.5, 0.6) is 5.75 Å². The zero-order valence-corrected chi connectivity index (χ0v) is 7.41. The first-order chi connectivity index (χ1) is 6.65. The van der Waals surface area contributed by atoms with E-state index in [0.29, 0.717) is 12.8 Å². The molecule has 0 unspecified atom stereocenters. The van der Waals surface area contributed by atoms with Gasteiger partial charge in [0.05, 0.1) is 0 Å². The molecule has 76 valence electrons. The van der Waals surface area contributed by atoms with Gasteiger partial charge >= 0.3 is 0 Å². The lowest BCUT2D eigenvalue weighted by atomic mass is 9.90. The fourth-order valence-electron chi connectivity index (χ4n) is 1.37. The fraction of sp³-hybridized carbons (Fsp3) is 0.444. The molecule has 2 rings (SSSR count). The van der Waals surface area contributed by atoms with Crippen LogP contribution < -0.4 is 10.5 Å². The summed E-state index contributed by atoms with van der Waals surface area (Å²) in [5.41, 5.74) is 5.54. The average Bonchev–Trinajstić information content (AvgIpc) is 2.06. The summed E-state index contributed by atoms with van der Waals surface area (Å²) in [6.07, 6.45) is 1.35. The van der Waals surface area contributed by atoms with E-state index in [1.807, 2.05) is 0 Å². The van der Waals surface area contributed by atoms with E-state index in [1.165, 1.54) is 6.07 Å². The van der Waals surface area contributed by atoms with Crippen molar-refractivity contribution in [2.75, 3.05) is 0 Å². The van der Waals surface area contributed by atoms with E-state index in [1.54, 1.807) is 0 Å². The van der Waals surface area contributed by atoms with Crippen LogP contribution in [-0.2, 0) is 0 Å². The second-order valence-electron chi connectivity index (χ2n) is 3.39. The predicted octanol–water partition coefficient (Wildman–Crippen LogP) is 1.23. The van der Waals surface area contributed by atoms with Crippen LogP contribution in [0, 0.1) is 11.9 Å². The van der Waals surface area contributed by atoms with E-state index < -0.39 is 11.9 Å². The topological polar surface area (TPSA) is 48.1 Å². The monoisotopic (exact) mass is 200 g/mol. The molecule has 2 N–H and O–H groups in total. The van der Waals surface area contributed by atoms with Crippen molar-refractivity contribution in [3.05, 3.63) is 24.0 Å². The highest BCUT2D eigenvalue weighted by atomic mass is 19.1. The summed E-state index contributed by atoms with van der Waals surface area (Å²) < 4.78 is 30.6. The van der Waals surface area contributed by atoms with E-state index in [-0.39, 0.29) is 17.9 Å². The van der Waals surface area contributed by atoms with E-state index in [4.69, 9.17) is 10.5 Å². The minimum Gasteiger partial charge on any atom is -0.486 e. The van der Waals surface area contributed by atoms with Gasteiger partial charge in [-0.15, -0.1) is 0 Å². The van der Waals surface area contributed by atoms with Crippen LogP contribution in [0.15, 0.2) is 12.1 Å². The van der Waals surface area contributed by atoms with Gasteiger partial charge in [-0.25, -0.2) is 0 Å². The van der Waals surface area contributed by atoms with Crippen LogP contribution in [0.1, 0.15) is 12.8 Å². The minimum absolute atomic E-state index is 0.0108. The third-order valence-corrected chi connectivity index (χ3v) is 2.21. The molecule has 1 aromatic heterocycles. The zero-order valence-electron chi connectivity index (χ0n) is 7.41. The molecule has 0 aliphatic heterocycles. The van der Waals surface area contributed by atoms with Crippen LogP contribution >= 0.6 is 0 Å². The largest absolute Gasteiger partial charge is 0.486 e. The van der Waals surface area contributed by atoms with Gasteiger partial charge in [0.1, 0.15) is 6.10 Å². The molecule has 1 aromatic rings. The van der Waals surface area contributed by atoms with Crippen molar-refractivity contribution in [2.24, 2.45) is 5.73 Å². The quantitative estimate of drug-likeness (QED) is 0.730. The minimum atomic E-state index is -0.912. The first-order valence-electron chi connectivity index (χ1n) is 4.39. The maximum atomic E-state index is 13.0. The van der Waals surface area contributed by atoms with Gasteiger partial charge < -0.3 is 10.5 Å². The summed E-state index contributed by atoms with van der Waals surface area (Å²) >= 11 is 0. The van der Waals surface area contributed by atoms with Crippen molar-refractivity contribution in [1.82, 2.24) is 4.98 Å². The molecule has 0 bridgehead atoms. The third-order valence-electron chi connectivity index (χ3n) is 2.21. The maximum Gasteiger partial charge on any atom is 0.257 e. The van der Waals surface area contributed by atoms with Gasteiger partial charge in [-0.1, -0.05) is 0 Å². The number of hydrogen-bond acceptors (Lipinski definition) is 3. The Bertz CT molecular complexity index is 340. The van der Waals surface area contributed by atoms with Crippen molar-refractivity contribution in [3.63, 3.8) is 0 Å². The van der Waals surface area contributed by atoms with E-state index in [9.17, 15) is 8.78 Å². The normalized spacial score (nSPS) is 25.6. The molecule has 5 heteroatoms. The molecule has 0 atom stereocenters. The van der Waals surface area contributed by atoms with Gasteiger partial charge in [-0.3, -0.25) is 0 Å². The van der Waals surface area contributed by atoms with Crippen LogP contribution in [0.2, 0.25) is 0 Å². The Morgan fingerprint density at radius 1 is 1.36 bits per heavy atom. The lowest BCUT2D eigenvalue weighted by Gasteiger charge is -2.32. The molecular formula is C9H10F2N2O. The molecule has 1 saturated carbocycles. The molecule has 0 radical (unpaired) electrons. The number of hydrogen-bond donors (Lipinski definition) is 1. The molecule has 0 amide bonds. The van der Waals surface area contributed by atoms with E-state index >= 15 is 0 Å². The van der Waals surface area contributed by atoms with Crippen LogP contribution in [0.25, 0.3) is 0 Å². The van der Waals surface area contributed by atoms with Gasteiger partial charge in [-0.2, -0.15) is 13.8 Å². The van der Waals surface area contributed by atoms with Gasteiger partial charge in [0, 0.05) is 6.04 Å². The van der Waals surface area contributed by atoms with Crippen LogP contribution in [0.4, 0.5) is 8.78 Å². The summed E-state index contributed by atoms with van der Waals surface area (Å²) in [6, 6.07) is 2.44. The first kappa shape index (κ1) is 9.33. The van der Waals surface area contributed by atoms with E-state index in [2.05, 4.69) is 4.98 Å². The molecular weight excluding hydrogens is 190 g/mol. The Kier molecular flexibility index (Phi) is 2.33. The number of halogens is 2. The molecule has 0 saturated heterocycles. The van der Waals surface area contributed by atoms with Gasteiger partial charge in [-0.05, 0) is 25.0 Å². The van der Waals surface area contributed by atoms with Crippen LogP contribution in [-0.4, -0.2) is 17.1 Å². The highest BCUT2D eigenvalue weighted by Crippen LogP contribution is 2.25. The highest BCUT2D eigenvalue weighted by molar-refractivity contribution is 5.19.